The molecular weight excluding hydrogens is 482 g/mol. The highest BCUT2D eigenvalue weighted by Gasteiger charge is 2.28. The molecule has 1 amide bonds. The predicted molar refractivity (Wildman–Crippen MR) is 135 cm³/mol. The summed E-state index contributed by atoms with van der Waals surface area (Å²) in [6.07, 6.45) is 2.17. The van der Waals surface area contributed by atoms with E-state index in [4.69, 9.17) is 10.5 Å². The van der Waals surface area contributed by atoms with Crippen molar-refractivity contribution in [2.75, 3.05) is 6.61 Å². The van der Waals surface area contributed by atoms with E-state index in [2.05, 4.69) is 20.7 Å². The van der Waals surface area contributed by atoms with Crippen molar-refractivity contribution in [1.29, 1.82) is 0 Å². The molecule has 0 spiro atoms. The Labute approximate surface area is 211 Å². The first-order valence-corrected chi connectivity index (χ1v) is 12.5. The third kappa shape index (κ3) is 6.21. The molecule has 0 aliphatic heterocycles. The maximum Gasteiger partial charge on any atom is 0.266 e. The fourth-order valence-corrected chi connectivity index (χ4v) is 4.20. The number of tetrazole rings is 1. The smallest absolute Gasteiger partial charge is 0.266 e. The Balaban J connectivity index is 1.46. The molecule has 4 aromatic rings. The van der Waals surface area contributed by atoms with E-state index in [0.717, 1.165) is 16.5 Å². The van der Waals surface area contributed by atoms with Gasteiger partial charge in [0.05, 0.1) is 30.8 Å². The Morgan fingerprint density at radius 2 is 1.92 bits per heavy atom. The van der Waals surface area contributed by atoms with Gasteiger partial charge < -0.3 is 15.8 Å². The summed E-state index contributed by atoms with van der Waals surface area (Å²) in [5.74, 6) is -0.0588. The minimum atomic E-state index is -2.16. The highest BCUT2D eigenvalue weighted by Crippen LogP contribution is 2.22. The molecule has 4 rings (SSSR count). The fraction of sp³-hybridized carbons (Fsp3) is 0.333. The monoisotopic (exact) mass is 511 g/mol. The predicted octanol–water partition coefficient (Wildman–Crippen LogP) is 1.97. The lowest BCUT2D eigenvalue weighted by Crippen LogP contribution is -2.50. The maximum absolute atomic E-state index is 12.6. The van der Waals surface area contributed by atoms with Crippen LogP contribution in [0.2, 0.25) is 0 Å². The molecule has 1 unspecified atom stereocenters. The summed E-state index contributed by atoms with van der Waals surface area (Å²) < 4.78 is 28.4. The zero-order valence-electron chi connectivity index (χ0n) is 20.1. The minimum Gasteiger partial charge on any atom is -0.374 e. The van der Waals surface area contributed by atoms with Gasteiger partial charge in [0.1, 0.15) is 6.04 Å². The van der Waals surface area contributed by atoms with Crippen molar-refractivity contribution in [3.63, 3.8) is 0 Å². The lowest BCUT2D eigenvalue weighted by atomic mass is 10.1. The van der Waals surface area contributed by atoms with Crippen LogP contribution in [-0.2, 0) is 40.4 Å². The van der Waals surface area contributed by atoms with Crippen LogP contribution < -0.4 is 11.1 Å². The number of para-hydroxylation sites is 1. The summed E-state index contributed by atoms with van der Waals surface area (Å²) in [6, 6.07) is 16.4. The standard InChI is InChI=1S/C24H29N7O4S/c1-24(2,25)23(32)26-20(16-35-15-17-8-4-3-5-9-17)22-27-29-31(28-22)13-12-18-14-30(36(33)34)21-11-7-6-10-19(18)21/h3-11,14,20H,12-13,15-16,25H2,1-2H3,(H,26,32)(H,33,34)/t20-/m1/s1. The van der Waals surface area contributed by atoms with Crippen molar-refractivity contribution in [2.45, 2.75) is 45.0 Å². The van der Waals surface area contributed by atoms with Gasteiger partial charge in [0, 0.05) is 11.6 Å². The van der Waals surface area contributed by atoms with E-state index in [1.54, 1.807) is 26.1 Å². The van der Waals surface area contributed by atoms with Crippen molar-refractivity contribution in [3.8, 4) is 0 Å². The highest BCUT2D eigenvalue weighted by atomic mass is 32.2. The molecular formula is C24H29N7O4S. The van der Waals surface area contributed by atoms with E-state index in [9.17, 15) is 13.6 Å². The average molecular weight is 512 g/mol. The van der Waals surface area contributed by atoms with Crippen molar-refractivity contribution in [1.82, 2.24) is 29.5 Å². The summed E-state index contributed by atoms with van der Waals surface area (Å²) in [7, 11) is 0. The topological polar surface area (TPSA) is 150 Å². The average Bonchev–Trinajstić information content (AvgIpc) is 3.47. The van der Waals surface area contributed by atoms with E-state index in [-0.39, 0.29) is 12.5 Å². The van der Waals surface area contributed by atoms with Crippen LogP contribution in [0.15, 0.2) is 60.8 Å². The van der Waals surface area contributed by atoms with Crippen molar-refractivity contribution >= 4 is 28.1 Å². The lowest BCUT2D eigenvalue weighted by molar-refractivity contribution is -0.126. The SMILES string of the molecule is CC(C)(N)C(=O)N[C@H](COCc1ccccc1)c1nnn(CCc2cn(S(=O)O)c3ccccc23)n1. The van der Waals surface area contributed by atoms with Gasteiger partial charge in [0.15, 0.2) is 5.82 Å². The Morgan fingerprint density at radius 3 is 2.64 bits per heavy atom. The van der Waals surface area contributed by atoms with E-state index >= 15 is 0 Å². The number of aryl methyl sites for hydroxylation is 2. The van der Waals surface area contributed by atoms with Crippen LogP contribution in [0.4, 0.5) is 0 Å². The number of benzene rings is 2. The summed E-state index contributed by atoms with van der Waals surface area (Å²) in [5, 5.41) is 16.5. The van der Waals surface area contributed by atoms with Gasteiger partial charge in [-0.2, -0.15) is 4.80 Å². The summed E-state index contributed by atoms with van der Waals surface area (Å²) in [4.78, 5) is 14.0. The number of nitrogens with zero attached hydrogens (tertiary/aromatic N) is 5. The van der Waals surface area contributed by atoms with Crippen molar-refractivity contribution in [3.05, 3.63) is 77.7 Å². The van der Waals surface area contributed by atoms with Gasteiger partial charge in [-0.15, -0.1) is 10.2 Å². The third-order valence-corrected chi connectivity index (χ3v) is 6.22. The van der Waals surface area contributed by atoms with Gasteiger partial charge in [-0.3, -0.25) is 9.35 Å². The van der Waals surface area contributed by atoms with Gasteiger partial charge in [-0.1, -0.05) is 48.5 Å². The molecule has 2 atom stereocenters. The first-order valence-electron chi connectivity index (χ1n) is 11.4. The van der Waals surface area contributed by atoms with Crippen molar-refractivity contribution < 1.29 is 18.3 Å². The number of carbonyl (C=O) groups excluding carboxylic acids is 1. The maximum atomic E-state index is 12.6. The lowest BCUT2D eigenvalue weighted by Gasteiger charge is -2.22. The number of nitrogens with one attached hydrogen (secondary N) is 1. The first-order chi connectivity index (χ1) is 17.2. The number of hydrogen-bond acceptors (Lipinski definition) is 7. The normalized spacial score (nSPS) is 13.6. The van der Waals surface area contributed by atoms with Gasteiger partial charge in [0.2, 0.25) is 5.91 Å². The van der Waals surface area contributed by atoms with Gasteiger partial charge in [-0.05, 0) is 42.7 Å². The minimum absolute atomic E-state index is 0.137. The zero-order valence-corrected chi connectivity index (χ0v) is 20.9. The van der Waals surface area contributed by atoms with E-state index < -0.39 is 22.8 Å². The molecule has 0 aliphatic carbocycles. The Hall–Kier alpha value is -3.45. The van der Waals surface area contributed by atoms with E-state index in [1.807, 2.05) is 48.5 Å². The van der Waals surface area contributed by atoms with Crippen LogP contribution >= 0.6 is 0 Å². The van der Waals surface area contributed by atoms with E-state index in [1.165, 1.54) is 8.77 Å². The van der Waals surface area contributed by atoms with E-state index in [0.29, 0.717) is 30.9 Å². The highest BCUT2D eigenvalue weighted by molar-refractivity contribution is 7.77. The number of ether oxygens (including phenoxy) is 1. The number of rotatable bonds is 11. The first kappa shape index (κ1) is 25.6. The molecule has 2 aromatic carbocycles. The molecule has 12 heteroatoms. The number of nitrogens with two attached hydrogens (primary N) is 1. The fourth-order valence-electron chi connectivity index (χ4n) is 3.65. The van der Waals surface area contributed by atoms with Crippen LogP contribution in [0.25, 0.3) is 10.9 Å². The second-order valence-corrected chi connectivity index (χ2v) is 9.82. The molecule has 4 N–H and O–H groups in total. The molecule has 36 heavy (non-hydrogen) atoms. The van der Waals surface area contributed by atoms with Crippen LogP contribution in [0.1, 0.15) is 36.8 Å². The summed E-state index contributed by atoms with van der Waals surface area (Å²) in [6.45, 7) is 4.11. The molecule has 0 bridgehead atoms. The summed E-state index contributed by atoms with van der Waals surface area (Å²) in [5.41, 5.74) is 7.42. The van der Waals surface area contributed by atoms with Crippen LogP contribution in [0.5, 0.6) is 0 Å². The number of amides is 1. The Kier molecular flexibility index (Phi) is 7.89. The second kappa shape index (κ2) is 11.1. The molecule has 0 radical (unpaired) electrons. The van der Waals surface area contributed by atoms with Crippen LogP contribution in [0.3, 0.4) is 0 Å². The largest absolute Gasteiger partial charge is 0.374 e. The quantitative estimate of drug-likeness (QED) is 0.259. The number of hydrogen-bond donors (Lipinski definition) is 3. The molecule has 11 nitrogen and oxygen atoms in total. The molecule has 0 aliphatic rings. The Bertz CT molecular complexity index is 1350. The number of aromatic nitrogens is 5. The van der Waals surface area contributed by atoms with Crippen LogP contribution in [-0.4, -0.2) is 51.0 Å². The van der Waals surface area contributed by atoms with Crippen molar-refractivity contribution in [2.24, 2.45) is 5.73 Å². The number of fused-ring (bicyclic) bond motifs is 1. The molecule has 0 saturated carbocycles. The molecule has 190 valence electrons. The molecule has 2 aromatic heterocycles. The van der Waals surface area contributed by atoms with Gasteiger partial charge in [0.25, 0.3) is 11.3 Å². The summed E-state index contributed by atoms with van der Waals surface area (Å²) >= 11 is -2.16. The van der Waals surface area contributed by atoms with Crippen LogP contribution in [0, 0.1) is 0 Å². The molecule has 0 saturated heterocycles. The van der Waals surface area contributed by atoms with Gasteiger partial charge >= 0.3 is 0 Å². The van der Waals surface area contributed by atoms with Gasteiger partial charge in [-0.25, -0.2) is 8.18 Å². The third-order valence-electron chi connectivity index (χ3n) is 5.58. The molecule has 0 fully saturated rings. The second-order valence-electron chi connectivity index (χ2n) is 8.97. The number of carbonyl (C=O) groups is 1. The zero-order chi connectivity index (χ0) is 25.7. The Morgan fingerprint density at radius 1 is 1.19 bits per heavy atom. The molecule has 2 heterocycles.